The lowest BCUT2D eigenvalue weighted by atomic mass is 9.92. The minimum Gasteiger partial charge on any atom is -0.443 e. The fraction of sp³-hybridized carbons (Fsp3) is 0.385. The van der Waals surface area contributed by atoms with Crippen LogP contribution in [0.4, 0.5) is 21.0 Å². The van der Waals surface area contributed by atoms with Gasteiger partial charge in [-0.25, -0.2) is 9.59 Å². The molecule has 4 amide bonds. The molecule has 14 heteroatoms. The molecule has 2 atom stereocenters. The normalized spacial score (nSPS) is 18.5. The topological polar surface area (TPSA) is 127 Å². The molecule has 0 bridgehead atoms. The Kier molecular flexibility index (Phi) is 9.05. The Labute approximate surface area is 316 Å². The van der Waals surface area contributed by atoms with Crippen molar-refractivity contribution in [1.82, 2.24) is 10.5 Å². The Morgan fingerprint density at radius 1 is 0.774 bits per heavy atom. The molecule has 8 rings (SSSR count). The van der Waals surface area contributed by atoms with Crippen molar-refractivity contribution >= 4 is 80.1 Å². The van der Waals surface area contributed by atoms with E-state index in [2.05, 4.69) is 5.48 Å². The Hall–Kier alpha value is -4.94. The monoisotopic (exact) mass is 762 g/mol. The van der Waals surface area contributed by atoms with Crippen molar-refractivity contribution in [3.8, 4) is 11.5 Å². The van der Waals surface area contributed by atoms with Crippen LogP contribution in [0.5, 0.6) is 11.5 Å². The molecule has 4 aromatic carbocycles. The fourth-order valence-electron chi connectivity index (χ4n) is 7.30. The van der Waals surface area contributed by atoms with Crippen molar-refractivity contribution in [3.05, 3.63) is 70.8 Å². The van der Waals surface area contributed by atoms with E-state index in [4.69, 9.17) is 42.4 Å². The van der Waals surface area contributed by atoms with Gasteiger partial charge in [0.2, 0.25) is 0 Å². The number of carbonyl (C=O) groups is 4. The lowest BCUT2D eigenvalue weighted by Crippen LogP contribution is -2.36. The predicted molar refractivity (Wildman–Crippen MR) is 203 cm³/mol. The summed E-state index contributed by atoms with van der Waals surface area (Å²) >= 11 is 12.4. The van der Waals surface area contributed by atoms with E-state index in [1.54, 1.807) is 41.1 Å². The Morgan fingerprint density at radius 2 is 1.25 bits per heavy atom. The number of hydrogen-bond acceptors (Lipinski definition) is 8. The number of anilines is 2. The third kappa shape index (κ3) is 6.41. The first kappa shape index (κ1) is 36.4. The van der Waals surface area contributed by atoms with Gasteiger partial charge in [-0.1, -0.05) is 24.3 Å². The summed E-state index contributed by atoms with van der Waals surface area (Å²) < 4.78 is 11.1. The zero-order valence-corrected chi connectivity index (χ0v) is 32.0. The highest BCUT2D eigenvalue weighted by molar-refractivity contribution is 6.20. The van der Waals surface area contributed by atoms with E-state index in [9.17, 15) is 19.2 Å². The van der Waals surface area contributed by atoms with Crippen molar-refractivity contribution < 1.29 is 38.3 Å². The van der Waals surface area contributed by atoms with Gasteiger partial charge in [0, 0.05) is 66.6 Å². The molecule has 2 unspecified atom stereocenters. The summed E-state index contributed by atoms with van der Waals surface area (Å²) in [4.78, 5) is 64.4. The summed E-state index contributed by atoms with van der Waals surface area (Å²) in [5.41, 5.74) is 5.67. The number of halogens is 2. The molecule has 4 aromatic rings. The molecular weight excluding hydrogens is 723 g/mol. The van der Waals surface area contributed by atoms with Crippen LogP contribution in [0.15, 0.2) is 48.5 Å². The second kappa shape index (κ2) is 13.2. The molecule has 0 aromatic heterocycles. The van der Waals surface area contributed by atoms with Gasteiger partial charge >= 0.3 is 12.2 Å². The third-order valence-corrected chi connectivity index (χ3v) is 10.1. The van der Waals surface area contributed by atoms with E-state index in [0.717, 1.165) is 38.4 Å². The number of benzene rings is 4. The molecule has 0 fully saturated rings. The van der Waals surface area contributed by atoms with Crippen LogP contribution in [-0.2, 0) is 9.47 Å². The number of rotatable bonds is 2. The number of nitrogens with one attached hydrogen (secondary N) is 1. The van der Waals surface area contributed by atoms with Crippen LogP contribution >= 0.6 is 23.2 Å². The summed E-state index contributed by atoms with van der Waals surface area (Å²) in [5.74, 6) is 1.20. The Bertz CT molecular complexity index is 2210. The third-order valence-electron chi connectivity index (χ3n) is 9.34. The van der Waals surface area contributed by atoms with Crippen LogP contribution in [-0.4, -0.2) is 72.2 Å². The number of hydroxylamine groups is 3. The van der Waals surface area contributed by atoms with E-state index in [-0.39, 0.29) is 23.7 Å². The Morgan fingerprint density at radius 3 is 1.74 bits per heavy atom. The second-order valence-corrected chi connectivity index (χ2v) is 16.0. The molecule has 12 nitrogen and oxygen atoms in total. The molecule has 1 N–H and O–H groups in total. The molecule has 0 aliphatic carbocycles. The van der Waals surface area contributed by atoms with E-state index >= 15 is 0 Å². The van der Waals surface area contributed by atoms with Gasteiger partial charge in [-0.2, -0.15) is 10.5 Å². The van der Waals surface area contributed by atoms with E-state index in [1.807, 2.05) is 65.8 Å². The maximum absolute atomic E-state index is 12.8. The average molecular weight is 764 g/mol. The van der Waals surface area contributed by atoms with Gasteiger partial charge in [0.25, 0.3) is 11.8 Å². The van der Waals surface area contributed by atoms with Gasteiger partial charge in [0.05, 0.1) is 22.5 Å². The van der Waals surface area contributed by atoms with Gasteiger partial charge in [0.15, 0.2) is 11.5 Å². The number of nitrogens with zero attached hydrogens (tertiary/aromatic N) is 3. The van der Waals surface area contributed by atoms with Crippen LogP contribution in [0.1, 0.15) is 85.2 Å². The number of amides is 4. The van der Waals surface area contributed by atoms with E-state index < -0.39 is 23.4 Å². The van der Waals surface area contributed by atoms with Crippen LogP contribution in [0.3, 0.4) is 0 Å². The van der Waals surface area contributed by atoms with Crippen LogP contribution in [0.25, 0.3) is 21.5 Å². The first-order valence-electron chi connectivity index (χ1n) is 17.3. The largest absolute Gasteiger partial charge is 0.443 e. The number of alkyl halides is 2. The Balaban J connectivity index is 0.000000164. The smallest absolute Gasteiger partial charge is 0.414 e. The highest BCUT2D eigenvalue weighted by atomic mass is 35.5. The SMILES string of the molecule is CC(C)(C)OC(=O)N1CC(CCl)c2c1cc1c3c(cccc23)C(=O)NO1.CN1Oc2cc3c(c4cccc(c24)C1=O)C(CCl)CN3C(=O)OC(C)(C)C. The van der Waals surface area contributed by atoms with Crippen molar-refractivity contribution in [2.45, 2.75) is 64.6 Å². The van der Waals surface area contributed by atoms with Crippen molar-refractivity contribution in [2.24, 2.45) is 0 Å². The minimum atomic E-state index is -0.599. The minimum absolute atomic E-state index is 0.0477. The van der Waals surface area contributed by atoms with Gasteiger partial charge < -0.3 is 19.1 Å². The standard InChI is InChI=1S/C20H21ClN2O4.C19H19ClN2O4/c1-20(2,3)26-19(25)23-10-11(9-21)16-12-6-5-7-13-17(12)15(8-14(16)23)27-22(4)18(13)24;1-19(2,3)25-18(24)22-9-10(8-20)15-11-5-4-6-12-16(11)14(7-13(15)22)26-21-17(12)23/h5-8,11H,9-10H2,1-4H3;4-7,10H,8-9H2,1-3H3,(H,21,23). The molecule has 0 radical (unpaired) electrons. The van der Waals surface area contributed by atoms with Crippen molar-refractivity contribution in [2.75, 3.05) is 41.7 Å². The molecule has 4 aliphatic heterocycles. The summed E-state index contributed by atoms with van der Waals surface area (Å²) in [6.07, 6.45) is -0.840. The summed E-state index contributed by atoms with van der Waals surface area (Å²) in [7, 11) is 1.57. The van der Waals surface area contributed by atoms with Gasteiger partial charge in [-0.3, -0.25) is 19.4 Å². The maximum atomic E-state index is 12.8. The first-order valence-corrected chi connectivity index (χ1v) is 18.3. The fourth-order valence-corrected chi connectivity index (χ4v) is 7.80. The first-order chi connectivity index (χ1) is 25.0. The average Bonchev–Trinajstić information content (AvgIpc) is 3.66. The highest BCUT2D eigenvalue weighted by Crippen LogP contribution is 2.49. The summed E-state index contributed by atoms with van der Waals surface area (Å²) in [6, 6.07) is 14.7. The molecular formula is C39H40Cl2N4O8. The zero-order chi connectivity index (χ0) is 38.1. The molecule has 278 valence electrons. The molecule has 4 aliphatic rings. The highest BCUT2D eigenvalue weighted by Gasteiger charge is 2.40. The summed E-state index contributed by atoms with van der Waals surface area (Å²) in [6.45, 7) is 11.9. The van der Waals surface area contributed by atoms with Crippen LogP contribution in [0, 0.1) is 0 Å². The van der Waals surface area contributed by atoms with Gasteiger partial charge in [0.1, 0.15) is 11.2 Å². The predicted octanol–water partition coefficient (Wildman–Crippen LogP) is 8.25. The number of carbonyl (C=O) groups excluding carboxylic acids is 4. The zero-order valence-electron chi connectivity index (χ0n) is 30.5. The second-order valence-electron chi connectivity index (χ2n) is 15.4. The molecule has 4 heterocycles. The maximum Gasteiger partial charge on any atom is 0.414 e. The lowest BCUT2D eigenvalue weighted by Gasteiger charge is -2.28. The molecule has 53 heavy (non-hydrogen) atoms. The molecule has 0 saturated heterocycles. The lowest BCUT2D eigenvalue weighted by molar-refractivity contribution is -0.0156. The number of hydrogen-bond donors (Lipinski definition) is 1. The quantitative estimate of drug-likeness (QED) is 0.202. The van der Waals surface area contributed by atoms with Crippen molar-refractivity contribution in [1.29, 1.82) is 0 Å². The van der Waals surface area contributed by atoms with Crippen molar-refractivity contribution in [3.63, 3.8) is 0 Å². The van der Waals surface area contributed by atoms with E-state index in [1.165, 1.54) is 5.06 Å². The molecule has 0 saturated carbocycles. The number of fused-ring (bicyclic) bond motifs is 4. The van der Waals surface area contributed by atoms with Crippen LogP contribution < -0.4 is 25.0 Å². The van der Waals surface area contributed by atoms with Gasteiger partial charge in [-0.15, -0.1) is 23.2 Å². The van der Waals surface area contributed by atoms with Crippen LogP contribution in [0.2, 0.25) is 0 Å². The van der Waals surface area contributed by atoms with E-state index in [0.29, 0.717) is 53.2 Å². The molecule has 0 spiro atoms. The number of ether oxygens (including phenoxy) is 2. The van der Waals surface area contributed by atoms with Gasteiger partial charge in [-0.05, 0) is 75.6 Å². The summed E-state index contributed by atoms with van der Waals surface area (Å²) in [5, 5.41) is 4.48.